The van der Waals surface area contributed by atoms with E-state index in [2.05, 4.69) is 21.4 Å². The van der Waals surface area contributed by atoms with Crippen LogP contribution in [0.3, 0.4) is 0 Å². The minimum absolute atomic E-state index is 0.0262. The van der Waals surface area contributed by atoms with Gasteiger partial charge in [0.15, 0.2) is 0 Å². The molecule has 1 atom stereocenters. The summed E-state index contributed by atoms with van der Waals surface area (Å²) in [7, 11) is 1.88. The van der Waals surface area contributed by atoms with Gasteiger partial charge in [0.1, 0.15) is 0 Å². The molecule has 0 spiro atoms. The fraction of sp³-hybridized carbons (Fsp3) is 0.467. The Morgan fingerprint density at radius 3 is 3.10 bits per heavy atom. The van der Waals surface area contributed by atoms with Crippen molar-refractivity contribution in [2.75, 3.05) is 18.0 Å². The fourth-order valence-electron chi connectivity index (χ4n) is 3.34. The minimum atomic E-state index is 0.0262. The van der Waals surface area contributed by atoms with Crippen LogP contribution in [0.15, 0.2) is 23.8 Å². The van der Waals surface area contributed by atoms with Crippen LogP contribution in [0.4, 0.5) is 5.69 Å². The Kier molecular flexibility index (Phi) is 3.08. The summed E-state index contributed by atoms with van der Waals surface area (Å²) < 4.78 is 1.74. The summed E-state index contributed by atoms with van der Waals surface area (Å²) >= 11 is 1.84. The first-order valence-corrected chi connectivity index (χ1v) is 8.19. The summed E-state index contributed by atoms with van der Waals surface area (Å²) in [6.45, 7) is 2.70. The highest BCUT2D eigenvalue weighted by Gasteiger charge is 2.38. The van der Waals surface area contributed by atoms with Crippen LogP contribution in [0.1, 0.15) is 16.9 Å². The van der Waals surface area contributed by atoms with E-state index in [0.29, 0.717) is 0 Å². The van der Waals surface area contributed by atoms with Gasteiger partial charge in [-0.2, -0.15) is 5.10 Å². The number of anilines is 1. The Morgan fingerprint density at radius 1 is 1.38 bits per heavy atom. The Hall–Kier alpha value is -1.66. The van der Waals surface area contributed by atoms with E-state index in [1.54, 1.807) is 10.9 Å². The number of aromatic nitrogens is 2. The molecule has 2 aromatic heterocycles. The summed E-state index contributed by atoms with van der Waals surface area (Å²) in [6.07, 6.45) is 5.66. The fourth-order valence-corrected chi connectivity index (χ4v) is 4.23. The zero-order valence-corrected chi connectivity index (χ0v) is 12.8. The van der Waals surface area contributed by atoms with E-state index >= 15 is 0 Å². The largest absolute Gasteiger partial charge is 0.308 e. The SMILES string of the molecule is Cn1cc(N2CC[C@H](N3CCc4sccc4C3)C2=O)cn1. The topological polar surface area (TPSA) is 41.4 Å². The van der Waals surface area contributed by atoms with Crippen LogP contribution >= 0.6 is 11.3 Å². The van der Waals surface area contributed by atoms with Gasteiger partial charge in [-0.05, 0) is 29.9 Å². The third-order valence-corrected chi connectivity index (χ3v) is 5.48. The van der Waals surface area contributed by atoms with E-state index in [1.165, 1.54) is 10.4 Å². The molecule has 2 aromatic rings. The van der Waals surface area contributed by atoms with Gasteiger partial charge in [0.05, 0.1) is 17.9 Å². The predicted molar refractivity (Wildman–Crippen MR) is 82.4 cm³/mol. The molecule has 1 amide bonds. The summed E-state index contributed by atoms with van der Waals surface area (Å²) in [6, 6.07) is 2.23. The third-order valence-electron chi connectivity index (χ3n) is 4.46. The van der Waals surface area contributed by atoms with E-state index in [1.807, 2.05) is 29.5 Å². The Balaban J connectivity index is 1.52. The van der Waals surface area contributed by atoms with Crippen LogP contribution in [0.5, 0.6) is 0 Å². The van der Waals surface area contributed by atoms with Crippen molar-refractivity contribution in [1.82, 2.24) is 14.7 Å². The van der Waals surface area contributed by atoms with Crippen molar-refractivity contribution < 1.29 is 4.79 Å². The number of fused-ring (bicyclic) bond motifs is 1. The monoisotopic (exact) mass is 302 g/mol. The first-order chi connectivity index (χ1) is 10.2. The second kappa shape index (κ2) is 4.96. The van der Waals surface area contributed by atoms with Gasteiger partial charge in [-0.1, -0.05) is 0 Å². The average Bonchev–Trinajstić information content (AvgIpc) is 3.17. The highest BCUT2D eigenvalue weighted by atomic mass is 32.1. The van der Waals surface area contributed by atoms with Crippen LogP contribution in [0.25, 0.3) is 0 Å². The van der Waals surface area contributed by atoms with E-state index < -0.39 is 0 Å². The van der Waals surface area contributed by atoms with Gasteiger partial charge in [-0.3, -0.25) is 14.4 Å². The number of thiophene rings is 1. The van der Waals surface area contributed by atoms with Crippen molar-refractivity contribution >= 4 is 22.9 Å². The van der Waals surface area contributed by atoms with Crippen molar-refractivity contribution in [1.29, 1.82) is 0 Å². The maximum atomic E-state index is 12.7. The quantitative estimate of drug-likeness (QED) is 0.847. The number of carbonyl (C=O) groups is 1. The number of hydrogen-bond donors (Lipinski definition) is 0. The molecule has 0 radical (unpaired) electrons. The van der Waals surface area contributed by atoms with Crippen LogP contribution < -0.4 is 4.90 Å². The number of aryl methyl sites for hydroxylation is 1. The van der Waals surface area contributed by atoms with E-state index in [0.717, 1.165) is 38.2 Å². The first kappa shape index (κ1) is 13.0. The van der Waals surface area contributed by atoms with Gasteiger partial charge in [0, 0.05) is 37.8 Å². The zero-order chi connectivity index (χ0) is 14.4. The molecular formula is C15H18N4OS. The third kappa shape index (κ3) is 2.18. The van der Waals surface area contributed by atoms with Gasteiger partial charge >= 0.3 is 0 Å². The Bertz CT molecular complexity index is 677. The van der Waals surface area contributed by atoms with Crippen LogP contribution in [0, 0.1) is 0 Å². The maximum Gasteiger partial charge on any atom is 0.244 e. The second-order valence-corrected chi connectivity index (χ2v) is 6.76. The van der Waals surface area contributed by atoms with Crippen molar-refractivity contribution in [2.45, 2.75) is 25.4 Å². The highest BCUT2D eigenvalue weighted by molar-refractivity contribution is 7.10. The summed E-state index contributed by atoms with van der Waals surface area (Å²) in [5.74, 6) is 0.224. The predicted octanol–water partition coefficient (Wildman–Crippen LogP) is 1.65. The first-order valence-electron chi connectivity index (χ1n) is 7.32. The molecule has 1 saturated heterocycles. The molecule has 0 N–H and O–H groups in total. The molecule has 6 heteroatoms. The van der Waals surface area contributed by atoms with Gasteiger partial charge in [0.2, 0.25) is 5.91 Å². The number of hydrogen-bond acceptors (Lipinski definition) is 4. The van der Waals surface area contributed by atoms with Crippen LogP contribution in [0.2, 0.25) is 0 Å². The molecule has 4 rings (SSSR count). The van der Waals surface area contributed by atoms with Crippen molar-refractivity contribution in [3.8, 4) is 0 Å². The number of carbonyl (C=O) groups excluding carboxylic acids is 1. The minimum Gasteiger partial charge on any atom is -0.308 e. The molecule has 2 aliphatic heterocycles. The average molecular weight is 302 g/mol. The lowest BCUT2D eigenvalue weighted by Gasteiger charge is -2.31. The van der Waals surface area contributed by atoms with Crippen LogP contribution in [-0.4, -0.2) is 39.7 Å². The van der Waals surface area contributed by atoms with Gasteiger partial charge in [-0.15, -0.1) is 11.3 Å². The van der Waals surface area contributed by atoms with Crippen molar-refractivity contribution in [3.63, 3.8) is 0 Å². The molecule has 5 nitrogen and oxygen atoms in total. The molecule has 4 heterocycles. The Labute approximate surface area is 127 Å². The smallest absolute Gasteiger partial charge is 0.244 e. The Morgan fingerprint density at radius 2 is 2.29 bits per heavy atom. The van der Waals surface area contributed by atoms with E-state index in [-0.39, 0.29) is 11.9 Å². The second-order valence-electron chi connectivity index (χ2n) is 5.76. The number of rotatable bonds is 2. The summed E-state index contributed by atoms with van der Waals surface area (Å²) in [4.78, 5) is 18.4. The normalized spacial score (nSPS) is 22.8. The molecule has 110 valence electrons. The molecule has 1 fully saturated rings. The molecule has 21 heavy (non-hydrogen) atoms. The zero-order valence-electron chi connectivity index (χ0n) is 12.0. The molecule has 2 aliphatic rings. The molecular weight excluding hydrogens is 284 g/mol. The molecule has 0 aromatic carbocycles. The summed E-state index contributed by atoms with van der Waals surface area (Å²) in [5, 5.41) is 6.33. The number of nitrogens with zero attached hydrogens (tertiary/aromatic N) is 4. The summed E-state index contributed by atoms with van der Waals surface area (Å²) in [5.41, 5.74) is 2.32. The molecule has 0 unspecified atom stereocenters. The molecule has 0 saturated carbocycles. The maximum absolute atomic E-state index is 12.7. The lowest BCUT2D eigenvalue weighted by molar-refractivity contribution is -0.121. The van der Waals surface area contributed by atoms with E-state index in [4.69, 9.17) is 0 Å². The molecule has 0 bridgehead atoms. The molecule has 0 aliphatic carbocycles. The lowest BCUT2D eigenvalue weighted by Crippen LogP contribution is -2.44. The van der Waals surface area contributed by atoms with Crippen molar-refractivity contribution in [2.24, 2.45) is 7.05 Å². The van der Waals surface area contributed by atoms with E-state index in [9.17, 15) is 4.79 Å². The van der Waals surface area contributed by atoms with Crippen LogP contribution in [-0.2, 0) is 24.8 Å². The van der Waals surface area contributed by atoms with Crippen molar-refractivity contribution in [3.05, 3.63) is 34.3 Å². The number of amides is 1. The van der Waals surface area contributed by atoms with Gasteiger partial charge in [-0.25, -0.2) is 0 Å². The highest BCUT2D eigenvalue weighted by Crippen LogP contribution is 2.29. The van der Waals surface area contributed by atoms with Gasteiger partial charge in [0.25, 0.3) is 0 Å². The lowest BCUT2D eigenvalue weighted by atomic mass is 10.1. The van der Waals surface area contributed by atoms with Gasteiger partial charge < -0.3 is 4.90 Å². The standard InChI is InChI=1S/C15H18N4OS/c1-17-10-12(8-16-17)19-6-2-13(15(19)20)18-5-3-14-11(9-18)4-7-21-14/h4,7-8,10,13H,2-3,5-6,9H2,1H3/t13-/m0/s1.